The van der Waals surface area contributed by atoms with E-state index in [1.165, 1.54) is 0 Å². The molecule has 0 radical (unpaired) electrons. The molecule has 0 saturated carbocycles. The fraction of sp³-hybridized carbons (Fsp3) is 0.350. The summed E-state index contributed by atoms with van der Waals surface area (Å²) in [7, 11) is 1.08. The molecular weight excluding hydrogens is 417 g/mol. The quantitative estimate of drug-likeness (QED) is 0.682. The molecule has 2 aromatic heterocycles. The van der Waals surface area contributed by atoms with E-state index in [1.807, 2.05) is 30.3 Å². The topological polar surface area (TPSA) is 67.2 Å². The summed E-state index contributed by atoms with van der Waals surface area (Å²) in [5.41, 5.74) is -0.861. The monoisotopic (exact) mass is 436 g/mol. The number of nitrogens with one attached hydrogen (secondary N) is 1. The van der Waals surface area contributed by atoms with E-state index in [1.54, 1.807) is 4.90 Å². The number of carbonyl (C=O) groups is 1. The van der Waals surface area contributed by atoms with Gasteiger partial charge in [0.05, 0.1) is 4.70 Å². The summed E-state index contributed by atoms with van der Waals surface area (Å²) >= 11 is 1.00. The van der Waals surface area contributed by atoms with Crippen molar-refractivity contribution in [2.45, 2.75) is 31.6 Å². The molecular formula is C20H19F3N4O2S. The summed E-state index contributed by atoms with van der Waals surface area (Å²) in [4.78, 5) is 31.2. The Morgan fingerprint density at radius 2 is 2.03 bits per heavy atom. The maximum atomic E-state index is 13.2. The Labute approximate surface area is 174 Å². The van der Waals surface area contributed by atoms with Crippen LogP contribution in [0.3, 0.4) is 0 Å². The highest BCUT2D eigenvalue weighted by Gasteiger charge is 2.36. The Hall–Kier alpha value is -2.88. The Balaban J connectivity index is 1.60. The molecule has 1 amide bonds. The molecule has 0 unspecified atom stereocenters. The van der Waals surface area contributed by atoms with Crippen molar-refractivity contribution in [1.29, 1.82) is 0 Å². The lowest BCUT2D eigenvalue weighted by Crippen LogP contribution is -2.43. The van der Waals surface area contributed by atoms with E-state index in [9.17, 15) is 22.8 Å². The van der Waals surface area contributed by atoms with Gasteiger partial charge in [-0.1, -0.05) is 41.7 Å². The average molecular weight is 436 g/mol. The molecule has 3 heterocycles. The number of fused-ring (bicyclic) bond motifs is 1. The predicted octanol–water partition coefficient (Wildman–Crippen LogP) is 3.30. The molecule has 0 bridgehead atoms. The number of amides is 1. The number of halogens is 3. The van der Waals surface area contributed by atoms with Crippen molar-refractivity contribution in [1.82, 2.24) is 14.9 Å². The highest BCUT2D eigenvalue weighted by atomic mass is 32.1. The molecule has 4 rings (SSSR count). The Kier molecular flexibility index (Phi) is 5.27. The molecule has 1 aliphatic rings. The van der Waals surface area contributed by atoms with E-state index in [0.29, 0.717) is 29.2 Å². The van der Waals surface area contributed by atoms with Gasteiger partial charge in [0.25, 0.3) is 5.56 Å². The average Bonchev–Trinajstić information content (AvgIpc) is 3.35. The third-order valence-electron chi connectivity index (χ3n) is 5.18. The molecule has 1 fully saturated rings. The van der Waals surface area contributed by atoms with Gasteiger partial charge in [-0.25, -0.2) is 4.98 Å². The SMILES string of the molecule is Cn1c(C(F)(F)F)cc2sc(N3CCC[C@@H]3C(=O)NCc3ccccc3)nc2c1=O. The smallest absolute Gasteiger partial charge is 0.350 e. The normalized spacial score (nSPS) is 16.9. The van der Waals surface area contributed by atoms with Crippen molar-refractivity contribution >= 4 is 32.6 Å². The van der Waals surface area contributed by atoms with Crippen LogP contribution in [0.25, 0.3) is 10.2 Å². The van der Waals surface area contributed by atoms with Gasteiger partial charge in [-0.3, -0.25) is 9.59 Å². The van der Waals surface area contributed by atoms with Gasteiger partial charge in [0.2, 0.25) is 5.91 Å². The molecule has 6 nitrogen and oxygen atoms in total. The highest BCUT2D eigenvalue weighted by Crippen LogP contribution is 2.35. The molecule has 10 heteroatoms. The minimum Gasteiger partial charge on any atom is -0.350 e. The van der Waals surface area contributed by atoms with Crippen LogP contribution in [0.5, 0.6) is 0 Å². The lowest BCUT2D eigenvalue weighted by Gasteiger charge is -2.23. The molecule has 1 aromatic carbocycles. The van der Waals surface area contributed by atoms with Gasteiger partial charge in [0.15, 0.2) is 5.13 Å². The van der Waals surface area contributed by atoms with Crippen LogP contribution in [0.4, 0.5) is 18.3 Å². The van der Waals surface area contributed by atoms with E-state index >= 15 is 0 Å². The van der Waals surface area contributed by atoms with Crippen LogP contribution in [0.2, 0.25) is 0 Å². The van der Waals surface area contributed by atoms with Crippen LogP contribution >= 0.6 is 11.3 Å². The molecule has 0 spiro atoms. The van der Waals surface area contributed by atoms with Crippen molar-refractivity contribution in [3.63, 3.8) is 0 Å². The Morgan fingerprint density at radius 1 is 1.30 bits per heavy atom. The second-order valence-electron chi connectivity index (χ2n) is 7.16. The van der Waals surface area contributed by atoms with Crippen molar-refractivity contribution in [3.05, 3.63) is 58.0 Å². The van der Waals surface area contributed by atoms with Crippen LogP contribution in [-0.4, -0.2) is 28.0 Å². The summed E-state index contributed by atoms with van der Waals surface area (Å²) in [6.45, 7) is 0.940. The van der Waals surface area contributed by atoms with Crippen LogP contribution in [0, 0.1) is 0 Å². The first-order valence-corrected chi connectivity index (χ1v) is 10.2. The van der Waals surface area contributed by atoms with Crippen LogP contribution in [0.1, 0.15) is 24.1 Å². The Morgan fingerprint density at radius 3 is 2.73 bits per heavy atom. The fourth-order valence-corrected chi connectivity index (χ4v) is 4.70. The molecule has 1 aliphatic heterocycles. The third kappa shape index (κ3) is 3.79. The van der Waals surface area contributed by atoms with Gasteiger partial charge in [-0.05, 0) is 24.5 Å². The number of benzene rings is 1. The minimum atomic E-state index is -4.64. The summed E-state index contributed by atoms with van der Waals surface area (Å²) in [6.07, 6.45) is -3.27. The summed E-state index contributed by atoms with van der Waals surface area (Å²) in [5, 5.41) is 3.29. The lowest BCUT2D eigenvalue weighted by molar-refractivity contribution is -0.143. The minimum absolute atomic E-state index is 0.0131. The van der Waals surface area contributed by atoms with E-state index in [0.717, 1.165) is 36.4 Å². The van der Waals surface area contributed by atoms with E-state index < -0.39 is 23.5 Å². The van der Waals surface area contributed by atoms with Crippen LogP contribution in [-0.2, 0) is 24.6 Å². The van der Waals surface area contributed by atoms with Gasteiger partial charge < -0.3 is 14.8 Å². The molecule has 30 heavy (non-hydrogen) atoms. The number of carbonyl (C=O) groups excluding carboxylic acids is 1. The van der Waals surface area contributed by atoms with Crippen LogP contribution < -0.4 is 15.8 Å². The zero-order chi connectivity index (χ0) is 21.5. The van der Waals surface area contributed by atoms with Crippen molar-refractivity contribution in [2.24, 2.45) is 7.05 Å². The predicted molar refractivity (Wildman–Crippen MR) is 109 cm³/mol. The van der Waals surface area contributed by atoms with Gasteiger partial charge in [-0.2, -0.15) is 13.2 Å². The fourth-order valence-electron chi connectivity index (χ4n) is 3.63. The first-order chi connectivity index (χ1) is 14.3. The molecule has 1 N–H and O–H groups in total. The van der Waals surface area contributed by atoms with Gasteiger partial charge in [-0.15, -0.1) is 0 Å². The first-order valence-electron chi connectivity index (χ1n) is 9.42. The largest absolute Gasteiger partial charge is 0.431 e. The molecule has 3 aromatic rings. The van der Waals surface area contributed by atoms with Gasteiger partial charge in [0, 0.05) is 20.1 Å². The summed E-state index contributed by atoms with van der Waals surface area (Å²) in [6, 6.07) is 9.97. The zero-order valence-electron chi connectivity index (χ0n) is 16.1. The van der Waals surface area contributed by atoms with Crippen LogP contribution in [0.15, 0.2) is 41.2 Å². The standard InChI is InChI=1S/C20H19F3N4O2S/c1-26-15(20(21,22)23)10-14-16(18(26)29)25-19(30-14)27-9-5-8-13(27)17(28)24-11-12-6-3-2-4-7-12/h2-4,6-7,10,13H,5,8-9,11H2,1H3,(H,24,28)/t13-/m1/s1. The van der Waals surface area contributed by atoms with E-state index in [4.69, 9.17) is 0 Å². The Bertz CT molecular complexity index is 1140. The molecule has 158 valence electrons. The summed E-state index contributed by atoms with van der Waals surface area (Å²) < 4.78 is 40.4. The second-order valence-corrected chi connectivity index (χ2v) is 8.16. The molecule has 0 aliphatic carbocycles. The van der Waals surface area contributed by atoms with Gasteiger partial charge in [0.1, 0.15) is 17.3 Å². The van der Waals surface area contributed by atoms with Crippen molar-refractivity contribution < 1.29 is 18.0 Å². The number of aromatic nitrogens is 2. The third-order valence-corrected chi connectivity index (χ3v) is 6.22. The maximum absolute atomic E-state index is 13.2. The molecule has 1 atom stereocenters. The van der Waals surface area contributed by atoms with Crippen molar-refractivity contribution in [2.75, 3.05) is 11.4 Å². The maximum Gasteiger partial charge on any atom is 0.431 e. The number of hydrogen-bond donors (Lipinski definition) is 1. The van der Waals surface area contributed by atoms with Gasteiger partial charge >= 0.3 is 6.18 Å². The van der Waals surface area contributed by atoms with Crippen molar-refractivity contribution in [3.8, 4) is 0 Å². The van der Waals surface area contributed by atoms with E-state index in [-0.39, 0.29) is 16.1 Å². The number of anilines is 1. The number of pyridine rings is 1. The van der Waals surface area contributed by atoms with E-state index in [2.05, 4.69) is 10.3 Å². The second kappa shape index (κ2) is 7.75. The summed E-state index contributed by atoms with van der Waals surface area (Å²) in [5.74, 6) is -0.167. The number of alkyl halides is 3. The zero-order valence-corrected chi connectivity index (χ0v) is 16.9. The lowest BCUT2D eigenvalue weighted by atomic mass is 10.2. The number of hydrogen-bond acceptors (Lipinski definition) is 5. The number of nitrogens with zero attached hydrogens (tertiary/aromatic N) is 3. The number of thiazole rings is 1. The highest BCUT2D eigenvalue weighted by molar-refractivity contribution is 7.22. The molecule has 1 saturated heterocycles. The first kappa shape index (κ1) is 20.4. The number of rotatable bonds is 4.